The average Bonchev–Trinajstić information content (AvgIpc) is 4.06. The second kappa shape index (κ2) is 24.3. The monoisotopic (exact) mass is 1010 g/mol. The predicted molar refractivity (Wildman–Crippen MR) is 274 cm³/mol. The molecule has 17 nitrogen and oxygen atoms in total. The van der Waals surface area contributed by atoms with Crippen molar-refractivity contribution >= 4 is 58.3 Å². The van der Waals surface area contributed by atoms with Crippen LogP contribution in [0.25, 0.3) is 10.4 Å². The van der Waals surface area contributed by atoms with Crippen molar-refractivity contribution in [3.05, 3.63) is 93.5 Å². The van der Waals surface area contributed by atoms with E-state index in [4.69, 9.17) is 11.6 Å². The molecule has 6 N–H and O–H groups in total. The molecular weight excluding hydrogens is 944 g/mol. The minimum absolute atomic E-state index is 0.00656. The first-order chi connectivity index (χ1) is 34.0. The molecule has 7 rings (SSSR count). The van der Waals surface area contributed by atoms with Crippen LogP contribution < -0.4 is 26.2 Å². The summed E-state index contributed by atoms with van der Waals surface area (Å²) in [6.45, 7) is 13.3. The highest BCUT2D eigenvalue weighted by atomic mass is 35.5. The topological polar surface area (TPSA) is 222 Å². The third-order valence-corrected chi connectivity index (χ3v) is 15.0. The van der Waals surface area contributed by atoms with E-state index < -0.39 is 41.5 Å². The molecule has 6 unspecified atom stereocenters. The molecular formula is C52H69ClN10O7S. The summed E-state index contributed by atoms with van der Waals surface area (Å²) in [6.07, 6.45) is 3.07. The van der Waals surface area contributed by atoms with Crippen LogP contribution in [0.1, 0.15) is 119 Å². The van der Waals surface area contributed by atoms with Crippen LogP contribution in [0.15, 0.2) is 60.4 Å². The lowest BCUT2D eigenvalue weighted by Gasteiger charge is -2.38. The minimum Gasteiger partial charge on any atom is -0.391 e. The zero-order chi connectivity index (χ0) is 50.8. The molecule has 0 saturated carbocycles. The molecule has 19 heteroatoms. The van der Waals surface area contributed by atoms with E-state index in [-0.39, 0.29) is 61.9 Å². The maximum absolute atomic E-state index is 14.1. The second-order valence-corrected chi connectivity index (χ2v) is 21.4. The first kappa shape index (κ1) is 53.3. The largest absolute Gasteiger partial charge is 0.391 e. The SMILES string of the molecule is Cc1ncsc1-c1ccc(CNC(=O)C2CC(O)CN2C(=O)C(NC(=O)CCCCCNC(=O)CCNCC(C(=O)N2CCN(c3ncnc4c3C(C)CC4O)CC2)c2ccc(Cl)cc2)C(C)(C)C)cc1. The number of thiazole rings is 1. The van der Waals surface area contributed by atoms with Gasteiger partial charge in [0.2, 0.25) is 29.5 Å². The molecule has 2 fully saturated rings. The number of likely N-dealkylation sites (tertiary alicyclic amines) is 1. The van der Waals surface area contributed by atoms with Gasteiger partial charge in [0.1, 0.15) is 24.2 Å². The third-order valence-electron chi connectivity index (χ3n) is 13.7. The number of aromatic nitrogens is 3. The highest BCUT2D eigenvalue weighted by Crippen LogP contribution is 2.43. The number of nitrogens with one attached hydrogen (secondary N) is 4. The van der Waals surface area contributed by atoms with Crippen LogP contribution >= 0.6 is 22.9 Å². The summed E-state index contributed by atoms with van der Waals surface area (Å²) in [5.74, 6) is -0.693. The van der Waals surface area contributed by atoms with Gasteiger partial charge < -0.3 is 46.2 Å². The van der Waals surface area contributed by atoms with Crippen LogP contribution in [0, 0.1) is 12.3 Å². The van der Waals surface area contributed by atoms with Crippen LogP contribution in [-0.4, -0.2) is 135 Å². The summed E-state index contributed by atoms with van der Waals surface area (Å²) in [5.41, 5.74) is 6.56. The number of aliphatic hydroxyl groups is 2. The van der Waals surface area contributed by atoms with E-state index in [1.165, 1.54) is 11.2 Å². The van der Waals surface area contributed by atoms with Crippen molar-refractivity contribution in [3.8, 4) is 10.4 Å². The van der Waals surface area contributed by atoms with Gasteiger partial charge in [-0.05, 0) is 66.3 Å². The van der Waals surface area contributed by atoms with Crippen LogP contribution in [-0.2, 0) is 30.5 Å². The van der Waals surface area contributed by atoms with Gasteiger partial charge in [0, 0.05) is 88.8 Å². The smallest absolute Gasteiger partial charge is 0.246 e. The number of rotatable bonds is 20. The number of aryl methyl sites for hydroxylation is 1. The predicted octanol–water partition coefficient (Wildman–Crippen LogP) is 5.00. The van der Waals surface area contributed by atoms with E-state index in [1.807, 2.05) is 74.5 Å². The fourth-order valence-electron chi connectivity index (χ4n) is 9.72. The van der Waals surface area contributed by atoms with Crippen LogP contribution in [0.4, 0.5) is 5.82 Å². The van der Waals surface area contributed by atoms with Gasteiger partial charge in [-0.15, -0.1) is 11.3 Å². The van der Waals surface area contributed by atoms with Gasteiger partial charge in [0.05, 0.1) is 39.9 Å². The summed E-state index contributed by atoms with van der Waals surface area (Å²) in [4.78, 5) is 87.4. The zero-order valence-electron chi connectivity index (χ0n) is 41.5. The summed E-state index contributed by atoms with van der Waals surface area (Å²) in [5, 5.41) is 33.8. The highest BCUT2D eigenvalue weighted by Gasteiger charge is 2.44. The number of unbranched alkanes of at least 4 members (excludes halogenated alkanes) is 2. The Hall–Kier alpha value is -5.53. The molecule has 1 aliphatic carbocycles. The molecule has 0 spiro atoms. The number of benzene rings is 2. The Bertz CT molecular complexity index is 2480. The zero-order valence-corrected chi connectivity index (χ0v) is 43.0. The lowest BCUT2D eigenvalue weighted by Crippen LogP contribution is -2.57. The number of β-amino-alcohol motifs (C(OH)–C–C–N with tert-alkyl or cyclic N) is 1. The van der Waals surface area contributed by atoms with Crippen molar-refractivity contribution in [3.63, 3.8) is 0 Å². The first-order valence-electron chi connectivity index (χ1n) is 24.8. The number of hydrogen-bond acceptors (Lipinski definition) is 13. The Kier molecular flexibility index (Phi) is 18.2. The van der Waals surface area contributed by atoms with Crippen molar-refractivity contribution in [2.75, 3.05) is 57.3 Å². The Morgan fingerprint density at radius 1 is 0.845 bits per heavy atom. The Balaban J connectivity index is 0.802. The molecule has 2 aromatic carbocycles. The highest BCUT2D eigenvalue weighted by molar-refractivity contribution is 7.13. The Morgan fingerprint density at radius 3 is 2.27 bits per heavy atom. The lowest BCUT2D eigenvalue weighted by molar-refractivity contribution is -0.144. The van der Waals surface area contributed by atoms with Crippen molar-refractivity contribution in [2.24, 2.45) is 5.41 Å². The van der Waals surface area contributed by atoms with Crippen molar-refractivity contribution in [2.45, 2.75) is 122 Å². The fraction of sp³-hybridized carbons (Fsp3) is 0.538. The van der Waals surface area contributed by atoms with E-state index in [2.05, 4.69) is 48.0 Å². The van der Waals surface area contributed by atoms with E-state index in [0.29, 0.717) is 82.2 Å². The van der Waals surface area contributed by atoms with E-state index in [9.17, 15) is 34.2 Å². The Labute approximate surface area is 425 Å². The average molecular weight is 1010 g/mol. The summed E-state index contributed by atoms with van der Waals surface area (Å²) in [7, 11) is 0. The molecule has 4 heterocycles. The van der Waals surface area contributed by atoms with Gasteiger partial charge in [-0.25, -0.2) is 15.0 Å². The molecule has 3 aliphatic rings. The number of aliphatic hydroxyl groups excluding tert-OH is 2. The molecule has 71 heavy (non-hydrogen) atoms. The van der Waals surface area contributed by atoms with Crippen molar-refractivity contribution < 1.29 is 34.2 Å². The maximum Gasteiger partial charge on any atom is 0.246 e. The molecule has 0 bridgehead atoms. The van der Waals surface area contributed by atoms with Gasteiger partial charge >= 0.3 is 0 Å². The van der Waals surface area contributed by atoms with Gasteiger partial charge in [-0.3, -0.25) is 24.0 Å². The first-order valence-corrected chi connectivity index (χ1v) is 26.1. The summed E-state index contributed by atoms with van der Waals surface area (Å²) >= 11 is 7.77. The molecule has 4 aromatic rings. The van der Waals surface area contributed by atoms with Crippen LogP contribution in [0.5, 0.6) is 0 Å². The second-order valence-electron chi connectivity index (χ2n) is 20.1. The maximum atomic E-state index is 14.1. The van der Waals surface area contributed by atoms with Gasteiger partial charge in [0.15, 0.2) is 0 Å². The molecule has 2 saturated heterocycles. The number of carbonyl (C=O) groups excluding carboxylic acids is 5. The third kappa shape index (κ3) is 13.7. The molecule has 2 aliphatic heterocycles. The molecule has 382 valence electrons. The molecule has 6 atom stereocenters. The Morgan fingerprint density at radius 2 is 1.58 bits per heavy atom. The number of nitrogens with zero attached hydrogens (tertiary/aromatic N) is 6. The van der Waals surface area contributed by atoms with E-state index in [0.717, 1.165) is 38.6 Å². The summed E-state index contributed by atoms with van der Waals surface area (Å²) < 4.78 is 0. The number of hydrogen-bond donors (Lipinski definition) is 6. The quantitative estimate of drug-likeness (QED) is 0.0645. The van der Waals surface area contributed by atoms with Gasteiger partial charge in [-0.1, -0.05) is 82.1 Å². The molecule has 5 amide bonds. The molecule has 0 radical (unpaired) electrons. The number of anilines is 1. The number of carbonyl (C=O) groups is 5. The minimum atomic E-state index is -0.917. The fourth-order valence-corrected chi connectivity index (χ4v) is 10.7. The number of amides is 5. The van der Waals surface area contributed by atoms with E-state index >= 15 is 0 Å². The van der Waals surface area contributed by atoms with Crippen molar-refractivity contribution in [1.82, 2.24) is 46.0 Å². The van der Waals surface area contributed by atoms with Crippen molar-refractivity contribution in [1.29, 1.82) is 0 Å². The van der Waals surface area contributed by atoms with E-state index in [1.54, 1.807) is 23.5 Å². The number of halogens is 1. The van der Waals surface area contributed by atoms with Gasteiger partial charge in [0.25, 0.3) is 0 Å². The van der Waals surface area contributed by atoms with Crippen LogP contribution in [0.2, 0.25) is 5.02 Å². The molecule has 2 aromatic heterocycles. The summed E-state index contributed by atoms with van der Waals surface area (Å²) in [6, 6.07) is 13.4. The van der Waals surface area contributed by atoms with Gasteiger partial charge in [-0.2, -0.15) is 0 Å². The van der Waals surface area contributed by atoms with Crippen LogP contribution in [0.3, 0.4) is 0 Å². The number of piperazine rings is 1. The normalized spacial score (nSPS) is 19.8. The lowest BCUT2D eigenvalue weighted by atomic mass is 9.85. The standard InChI is InChI=1S/C52H69ClN10O7S/c1-32-25-41(65)45-44(32)48(58-30-57-45)61-21-23-62(24-22-61)50(69)39(35-14-16-37(53)17-15-35)28-54-20-18-42(66)55-19-8-6-7-9-43(67)60-47(52(3,4)5)51(70)63-29-38(64)26-40(63)49(68)56-27-34-10-12-36(13-11-34)46-33(2)59-31-71-46/h10-17,30-32,38-41,47,54,64-65H,6-9,18-29H2,1-5H3,(H,55,66)(H,56,68)(H,60,67). The number of fused-ring (bicyclic) bond motifs is 1.